The average molecular weight is 282 g/mol. The number of pyridine rings is 2. The fourth-order valence-electron chi connectivity index (χ4n) is 2.53. The van der Waals surface area contributed by atoms with E-state index in [1.54, 1.807) is 24.7 Å². The maximum Gasteiger partial charge on any atom is 0.255 e. The minimum Gasteiger partial charge on any atom is -0.336 e. The van der Waals surface area contributed by atoms with Crippen LogP contribution in [-0.2, 0) is 6.54 Å². The molecule has 5 nitrogen and oxygen atoms in total. The molecule has 3 heterocycles. The van der Waals surface area contributed by atoms with Crippen LogP contribution in [0, 0.1) is 0 Å². The van der Waals surface area contributed by atoms with Crippen LogP contribution in [-0.4, -0.2) is 51.9 Å². The number of hydrogen-bond acceptors (Lipinski definition) is 4. The van der Waals surface area contributed by atoms with Crippen molar-refractivity contribution >= 4 is 5.91 Å². The molecule has 3 rings (SSSR count). The van der Waals surface area contributed by atoms with Crippen molar-refractivity contribution in [1.82, 2.24) is 19.8 Å². The molecule has 0 spiro atoms. The molecule has 1 amide bonds. The third kappa shape index (κ3) is 3.44. The number of carbonyl (C=O) groups is 1. The standard InChI is InChI=1S/C16H18N4O/c21-16(15-4-2-6-18-12-15)20-9-7-19(8-10-20)13-14-3-1-5-17-11-14/h1-6,11-12H,7-10,13H2. The van der Waals surface area contributed by atoms with E-state index in [1.165, 1.54) is 5.56 Å². The molecular weight excluding hydrogens is 264 g/mol. The lowest BCUT2D eigenvalue weighted by atomic mass is 10.2. The zero-order chi connectivity index (χ0) is 14.5. The van der Waals surface area contributed by atoms with Gasteiger partial charge in [-0.05, 0) is 23.8 Å². The van der Waals surface area contributed by atoms with Gasteiger partial charge in [-0.3, -0.25) is 19.7 Å². The largest absolute Gasteiger partial charge is 0.336 e. The van der Waals surface area contributed by atoms with Crippen molar-refractivity contribution < 1.29 is 4.79 Å². The molecule has 0 bridgehead atoms. The number of amides is 1. The topological polar surface area (TPSA) is 49.3 Å². The highest BCUT2D eigenvalue weighted by Crippen LogP contribution is 2.10. The predicted octanol–water partition coefficient (Wildman–Crippen LogP) is 1.43. The Hall–Kier alpha value is -2.27. The number of nitrogens with zero attached hydrogens (tertiary/aromatic N) is 4. The summed E-state index contributed by atoms with van der Waals surface area (Å²) in [5, 5.41) is 0. The molecule has 1 aliphatic rings. The van der Waals surface area contributed by atoms with Crippen molar-refractivity contribution in [3.63, 3.8) is 0 Å². The van der Waals surface area contributed by atoms with Gasteiger partial charge < -0.3 is 4.90 Å². The maximum atomic E-state index is 12.3. The Morgan fingerprint density at radius 3 is 2.33 bits per heavy atom. The molecule has 2 aromatic rings. The zero-order valence-electron chi connectivity index (χ0n) is 11.9. The average Bonchev–Trinajstić information content (AvgIpc) is 2.57. The van der Waals surface area contributed by atoms with Crippen LogP contribution in [0.25, 0.3) is 0 Å². The van der Waals surface area contributed by atoms with E-state index in [0.29, 0.717) is 5.56 Å². The minimum atomic E-state index is 0.0733. The summed E-state index contributed by atoms with van der Waals surface area (Å²) in [6.07, 6.45) is 6.99. The molecule has 21 heavy (non-hydrogen) atoms. The summed E-state index contributed by atoms with van der Waals surface area (Å²) in [6, 6.07) is 7.65. The Bertz CT molecular complexity index is 580. The van der Waals surface area contributed by atoms with Crippen LogP contribution in [0.1, 0.15) is 15.9 Å². The Labute approximate surface area is 124 Å². The van der Waals surface area contributed by atoms with Gasteiger partial charge in [0.15, 0.2) is 0 Å². The van der Waals surface area contributed by atoms with Gasteiger partial charge in [0, 0.05) is 57.5 Å². The van der Waals surface area contributed by atoms with Gasteiger partial charge in [0.05, 0.1) is 5.56 Å². The minimum absolute atomic E-state index is 0.0733. The Balaban J connectivity index is 1.54. The first-order valence-electron chi connectivity index (χ1n) is 7.13. The Morgan fingerprint density at radius 1 is 1.00 bits per heavy atom. The lowest BCUT2D eigenvalue weighted by Gasteiger charge is -2.34. The SMILES string of the molecule is O=C(c1cccnc1)N1CCN(Cc2cccnc2)CC1. The van der Waals surface area contributed by atoms with E-state index in [-0.39, 0.29) is 5.91 Å². The van der Waals surface area contributed by atoms with E-state index in [1.807, 2.05) is 23.2 Å². The Kier molecular flexibility index (Phi) is 4.21. The van der Waals surface area contributed by atoms with Crippen LogP contribution in [0.4, 0.5) is 0 Å². The van der Waals surface area contributed by atoms with Crippen molar-refractivity contribution in [1.29, 1.82) is 0 Å². The summed E-state index contributed by atoms with van der Waals surface area (Å²) < 4.78 is 0. The van der Waals surface area contributed by atoms with E-state index in [0.717, 1.165) is 32.7 Å². The van der Waals surface area contributed by atoms with Gasteiger partial charge in [0.2, 0.25) is 0 Å². The maximum absolute atomic E-state index is 12.3. The van der Waals surface area contributed by atoms with Crippen LogP contribution in [0.2, 0.25) is 0 Å². The van der Waals surface area contributed by atoms with Crippen molar-refractivity contribution in [2.45, 2.75) is 6.54 Å². The molecule has 0 radical (unpaired) electrons. The van der Waals surface area contributed by atoms with E-state index in [9.17, 15) is 4.79 Å². The highest BCUT2D eigenvalue weighted by Gasteiger charge is 2.22. The second-order valence-electron chi connectivity index (χ2n) is 5.17. The summed E-state index contributed by atoms with van der Waals surface area (Å²) in [5.74, 6) is 0.0733. The van der Waals surface area contributed by atoms with Crippen LogP contribution in [0.5, 0.6) is 0 Å². The first-order valence-corrected chi connectivity index (χ1v) is 7.13. The van der Waals surface area contributed by atoms with E-state index in [4.69, 9.17) is 0 Å². The fraction of sp³-hybridized carbons (Fsp3) is 0.312. The van der Waals surface area contributed by atoms with Gasteiger partial charge in [-0.2, -0.15) is 0 Å². The second-order valence-corrected chi connectivity index (χ2v) is 5.17. The zero-order valence-corrected chi connectivity index (χ0v) is 11.9. The highest BCUT2D eigenvalue weighted by atomic mass is 16.2. The van der Waals surface area contributed by atoms with Crippen molar-refractivity contribution in [2.24, 2.45) is 0 Å². The normalized spacial score (nSPS) is 15.9. The molecule has 0 aliphatic carbocycles. The lowest BCUT2D eigenvalue weighted by Crippen LogP contribution is -2.48. The van der Waals surface area contributed by atoms with Crippen molar-refractivity contribution in [3.05, 3.63) is 60.2 Å². The van der Waals surface area contributed by atoms with Crippen molar-refractivity contribution in [3.8, 4) is 0 Å². The molecule has 0 aromatic carbocycles. The summed E-state index contributed by atoms with van der Waals surface area (Å²) in [4.78, 5) is 24.7. The second kappa shape index (κ2) is 6.45. The first kappa shape index (κ1) is 13.7. The van der Waals surface area contributed by atoms with E-state index < -0.39 is 0 Å². The lowest BCUT2D eigenvalue weighted by molar-refractivity contribution is 0.0628. The number of rotatable bonds is 3. The molecule has 2 aromatic heterocycles. The smallest absolute Gasteiger partial charge is 0.255 e. The van der Waals surface area contributed by atoms with Gasteiger partial charge in [-0.1, -0.05) is 6.07 Å². The Morgan fingerprint density at radius 2 is 1.71 bits per heavy atom. The summed E-state index contributed by atoms with van der Waals surface area (Å²) in [7, 11) is 0. The molecule has 1 saturated heterocycles. The van der Waals surface area contributed by atoms with Crippen molar-refractivity contribution in [2.75, 3.05) is 26.2 Å². The molecule has 108 valence electrons. The van der Waals surface area contributed by atoms with Gasteiger partial charge in [-0.25, -0.2) is 0 Å². The quantitative estimate of drug-likeness (QED) is 0.854. The molecule has 0 saturated carbocycles. The molecule has 5 heteroatoms. The summed E-state index contributed by atoms with van der Waals surface area (Å²) in [6.45, 7) is 4.19. The van der Waals surface area contributed by atoms with Gasteiger partial charge in [0.25, 0.3) is 5.91 Å². The molecule has 0 atom stereocenters. The van der Waals surface area contributed by atoms with Gasteiger partial charge in [0.1, 0.15) is 0 Å². The summed E-state index contributed by atoms with van der Waals surface area (Å²) >= 11 is 0. The van der Waals surface area contributed by atoms with Gasteiger partial charge in [-0.15, -0.1) is 0 Å². The molecular formula is C16H18N4O. The van der Waals surface area contributed by atoms with Gasteiger partial charge >= 0.3 is 0 Å². The summed E-state index contributed by atoms with van der Waals surface area (Å²) in [5.41, 5.74) is 1.88. The van der Waals surface area contributed by atoms with E-state index >= 15 is 0 Å². The molecule has 1 fully saturated rings. The first-order chi connectivity index (χ1) is 10.3. The molecule has 1 aliphatic heterocycles. The number of carbonyl (C=O) groups excluding carboxylic acids is 1. The molecule has 0 N–H and O–H groups in total. The van der Waals surface area contributed by atoms with Crippen LogP contribution in [0.15, 0.2) is 49.1 Å². The number of aromatic nitrogens is 2. The monoisotopic (exact) mass is 282 g/mol. The van der Waals surface area contributed by atoms with Crippen LogP contribution >= 0.6 is 0 Å². The number of piperazine rings is 1. The van der Waals surface area contributed by atoms with Crippen LogP contribution in [0.3, 0.4) is 0 Å². The third-order valence-corrected chi connectivity index (χ3v) is 3.70. The molecule has 0 unspecified atom stereocenters. The van der Waals surface area contributed by atoms with Crippen LogP contribution < -0.4 is 0 Å². The predicted molar refractivity (Wildman–Crippen MR) is 79.7 cm³/mol. The number of hydrogen-bond donors (Lipinski definition) is 0. The third-order valence-electron chi connectivity index (χ3n) is 3.70. The fourth-order valence-corrected chi connectivity index (χ4v) is 2.53. The highest BCUT2D eigenvalue weighted by molar-refractivity contribution is 5.93. The van der Waals surface area contributed by atoms with E-state index in [2.05, 4.69) is 20.9 Å².